The van der Waals surface area contributed by atoms with Gasteiger partial charge in [0.2, 0.25) is 15.9 Å². The van der Waals surface area contributed by atoms with Crippen LogP contribution in [0.2, 0.25) is 0 Å². The lowest BCUT2D eigenvalue weighted by atomic mass is 10.1. The first kappa shape index (κ1) is 17.6. The van der Waals surface area contributed by atoms with Crippen LogP contribution in [0.1, 0.15) is 10.4 Å². The molecule has 0 saturated carbocycles. The first-order valence-electron chi connectivity index (χ1n) is 7.81. The molecule has 2 saturated heterocycles. The van der Waals surface area contributed by atoms with Gasteiger partial charge in [0.25, 0.3) is 5.91 Å². The summed E-state index contributed by atoms with van der Waals surface area (Å²) in [5, 5.41) is 2.74. The first-order valence-corrected chi connectivity index (χ1v) is 9.25. The maximum atomic E-state index is 12.7. The van der Waals surface area contributed by atoms with E-state index in [4.69, 9.17) is 10.5 Å². The Hall–Kier alpha value is -2.17. The number of amides is 2. The monoisotopic (exact) mass is 368 g/mol. The zero-order valence-corrected chi connectivity index (χ0v) is 14.6. The number of hydrogen-bond donors (Lipinski definition) is 2. The van der Waals surface area contributed by atoms with Crippen LogP contribution in [-0.2, 0) is 14.8 Å². The van der Waals surface area contributed by atoms with Crippen LogP contribution in [0.15, 0.2) is 23.1 Å². The smallest absolute Gasteiger partial charge is 0.252 e. The second-order valence-corrected chi connectivity index (χ2v) is 7.96. The maximum Gasteiger partial charge on any atom is 0.252 e. The second kappa shape index (κ2) is 6.62. The highest BCUT2D eigenvalue weighted by molar-refractivity contribution is 7.89. The average Bonchev–Trinajstić information content (AvgIpc) is 2.52. The molecule has 9 nitrogen and oxygen atoms in total. The molecular weight excluding hydrogens is 348 g/mol. The van der Waals surface area contributed by atoms with E-state index in [-0.39, 0.29) is 34.7 Å². The zero-order chi connectivity index (χ0) is 18.2. The Bertz CT molecular complexity index is 804. The summed E-state index contributed by atoms with van der Waals surface area (Å²) in [7, 11) is -2.35. The van der Waals surface area contributed by atoms with Crippen molar-refractivity contribution < 1.29 is 22.7 Å². The van der Waals surface area contributed by atoms with E-state index in [0.717, 1.165) is 0 Å². The van der Waals surface area contributed by atoms with Gasteiger partial charge in [-0.15, -0.1) is 0 Å². The number of nitrogens with one attached hydrogen (secondary N) is 1. The Labute approximate surface area is 145 Å². The minimum Gasteiger partial charge on any atom is -0.496 e. The Balaban J connectivity index is 1.74. The number of nitrogens with zero attached hydrogens (tertiary/aromatic N) is 2. The number of rotatable bonds is 5. The number of piperazine rings is 1. The van der Waals surface area contributed by atoms with E-state index in [2.05, 4.69) is 5.32 Å². The van der Waals surface area contributed by atoms with Crippen molar-refractivity contribution in [2.75, 3.05) is 39.8 Å². The van der Waals surface area contributed by atoms with Gasteiger partial charge in [-0.3, -0.25) is 14.5 Å². The molecule has 25 heavy (non-hydrogen) atoms. The third-order valence-electron chi connectivity index (χ3n) is 4.49. The number of nitrogens with two attached hydrogens (primary N) is 1. The van der Waals surface area contributed by atoms with Crippen molar-refractivity contribution >= 4 is 21.8 Å². The summed E-state index contributed by atoms with van der Waals surface area (Å²) in [6.45, 7) is 2.19. The summed E-state index contributed by atoms with van der Waals surface area (Å²) in [6, 6.07) is 4.06. The second-order valence-electron chi connectivity index (χ2n) is 6.02. The number of sulfonamides is 1. The molecule has 0 spiro atoms. The van der Waals surface area contributed by atoms with Gasteiger partial charge >= 0.3 is 0 Å². The van der Waals surface area contributed by atoms with Crippen molar-refractivity contribution in [3.05, 3.63) is 23.8 Å². The molecule has 3 rings (SSSR count). The van der Waals surface area contributed by atoms with Gasteiger partial charge in [-0.25, -0.2) is 8.42 Å². The molecule has 0 unspecified atom stereocenters. The fourth-order valence-electron chi connectivity index (χ4n) is 3.00. The minimum absolute atomic E-state index is 0.00284. The van der Waals surface area contributed by atoms with Crippen LogP contribution in [0.3, 0.4) is 0 Å². The van der Waals surface area contributed by atoms with Crippen LogP contribution >= 0.6 is 0 Å². The van der Waals surface area contributed by atoms with Gasteiger partial charge in [0, 0.05) is 32.2 Å². The van der Waals surface area contributed by atoms with Crippen LogP contribution in [0.4, 0.5) is 0 Å². The predicted octanol–water partition coefficient (Wildman–Crippen LogP) is -1.40. The molecule has 0 atom stereocenters. The Morgan fingerprint density at radius 3 is 2.68 bits per heavy atom. The van der Waals surface area contributed by atoms with Crippen molar-refractivity contribution in [3.63, 3.8) is 0 Å². The molecule has 3 N–H and O–H groups in total. The summed E-state index contributed by atoms with van der Waals surface area (Å²) in [4.78, 5) is 24.9. The minimum atomic E-state index is -3.73. The Morgan fingerprint density at radius 1 is 1.36 bits per heavy atom. The molecule has 2 heterocycles. The van der Waals surface area contributed by atoms with Gasteiger partial charge in [-0.2, -0.15) is 4.31 Å². The maximum absolute atomic E-state index is 12.7. The van der Waals surface area contributed by atoms with E-state index in [0.29, 0.717) is 26.2 Å². The molecule has 0 aliphatic carbocycles. The van der Waals surface area contributed by atoms with Crippen LogP contribution in [0.25, 0.3) is 0 Å². The number of benzene rings is 1. The molecule has 10 heteroatoms. The number of hydrogen-bond acceptors (Lipinski definition) is 6. The van der Waals surface area contributed by atoms with Crippen LogP contribution < -0.4 is 15.8 Å². The lowest BCUT2D eigenvalue weighted by Gasteiger charge is -2.45. The number of ether oxygens (including phenoxy) is 1. The molecule has 1 aromatic carbocycles. The third kappa shape index (κ3) is 3.32. The summed E-state index contributed by atoms with van der Waals surface area (Å²) in [5.74, 6) is -0.573. The topological polar surface area (TPSA) is 122 Å². The molecule has 1 aromatic rings. The molecular formula is C15H20N4O5S. The standard InChI is InChI=1S/C15H20N4O5S/c1-24-13-3-2-11(6-12(13)15(16)21)25(22,23)19-7-10(8-19)18-5-4-17-14(20)9-18/h2-3,6,10H,4-5,7-9H2,1H3,(H2,16,21)(H,17,20). The molecule has 0 radical (unpaired) electrons. The van der Waals surface area contributed by atoms with E-state index in [1.807, 2.05) is 4.90 Å². The number of primary amides is 1. The lowest BCUT2D eigenvalue weighted by molar-refractivity contribution is -0.125. The highest BCUT2D eigenvalue weighted by Crippen LogP contribution is 2.28. The number of carbonyl (C=O) groups is 2. The van der Waals surface area contributed by atoms with E-state index < -0.39 is 15.9 Å². The molecule has 0 aromatic heterocycles. The van der Waals surface area contributed by atoms with Gasteiger partial charge in [-0.05, 0) is 18.2 Å². The zero-order valence-electron chi connectivity index (χ0n) is 13.8. The van der Waals surface area contributed by atoms with Gasteiger partial charge < -0.3 is 15.8 Å². The molecule has 0 bridgehead atoms. The van der Waals surface area contributed by atoms with Crippen molar-refractivity contribution in [3.8, 4) is 5.75 Å². The van der Waals surface area contributed by atoms with Crippen LogP contribution in [0.5, 0.6) is 5.75 Å². The number of methoxy groups -OCH3 is 1. The average molecular weight is 368 g/mol. The largest absolute Gasteiger partial charge is 0.496 e. The summed E-state index contributed by atoms with van der Waals surface area (Å²) >= 11 is 0. The molecule has 2 fully saturated rings. The summed E-state index contributed by atoms with van der Waals surface area (Å²) in [5.41, 5.74) is 5.31. The molecule has 2 aliphatic heterocycles. The van der Waals surface area contributed by atoms with Gasteiger partial charge in [0.15, 0.2) is 0 Å². The van der Waals surface area contributed by atoms with E-state index in [1.165, 1.54) is 29.6 Å². The fourth-order valence-corrected chi connectivity index (χ4v) is 4.54. The molecule has 2 aliphatic rings. The van der Waals surface area contributed by atoms with E-state index in [1.54, 1.807) is 0 Å². The molecule has 2 amide bonds. The first-order chi connectivity index (χ1) is 11.8. The third-order valence-corrected chi connectivity index (χ3v) is 6.31. The van der Waals surface area contributed by atoms with Gasteiger partial charge in [-0.1, -0.05) is 0 Å². The Kier molecular flexibility index (Phi) is 4.67. The quantitative estimate of drug-likeness (QED) is 0.659. The van der Waals surface area contributed by atoms with Gasteiger partial charge in [0.1, 0.15) is 5.75 Å². The lowest BCUT2D eigenvalue weighted by Crippen LogP contribution is -2.64. The van der Waals surface area contributed by atoms with Crippen LogP contribution in [0, 0.1) is 0 Å². The summed E-state index contributed by atoms with van der Waals surface area (Å²) < 4.78 is 31.8. The molecule has 136 valence electrons. The highest BCUT2D eigenvalue weighted by atomic mass is 32.2. The van der Waals surface area contributed by atoms with Crippen molar-refractivity contribution in [1.29, 1.82) is 0 Å². The van der Waals surface area contributed by atoms with Crippen LogP contribution in [-0.4, -0.2) is 75.3 Å². The predicted molar refractivity (Wildman–Crippen MR) is 88.6 cm³/mol. The normalized spacial score (nSPS) is 20.0. The van der Waals surface area contributed by atoms with Crippen molar-refractivity contribution in [2.24, 2.45) is 5.73 Å². The van der Waals surface area contributed by atoms with E-state index in [9.17, 15) is 18.0 Å². The summed E-state index contributed by atoms with van der Waals surface area (Å²) in [6.07, 6.45) is 0. The van der Waals surface area contributed by atoms with Crippen molar-refractivity contribution in [2.45, 2.75) is 10.9 Å². The van der Waals surface area contributed by atoms with Gasteiger partial charge in [0.05, 0.1) is 24.1 Å². The number of carbonyl (C=O) groups excluding carboxylic acids is 2. The van der Waals surface area contributed by atoms with E-state index >= 15 is 0 Å². The SMILES string of the molecule is COc1ccc(S(=O)(=O)N2CC(N3CCNC(=O)C3)C2)cc1C(N)=O. The fraction of sp³-hybridized carbons (Fsp3) is 0.467. The van der Waals surface area contributed by atoms with Crippen molar-refractivity contribution in [1.82, 2.24) is 14.5 Å². The Morgan fingerprint density at radius 2 is 2.08 bits per heavy atom. The highest BCUT2D eigenvalue weighted by Gasteiger charge is 2.41.